The molecule has 0 fully saturated rings. The predicted molar refractivity (Wildman–Crippen MR) is 53.7 cm³/mol. The maximum absolute atomic E-state index is 10.8. The smallest absolute Gasteiger partial charge is 0.324 e. The van der Waals surface area contributed by atoms with Crippen LogP contribution in [0.4, 0.5) is 0 Å². The van der Waals surface area contributed by atoms with E-state index in [1.165, 1.54) is 0 Å². The molecule has 9 nitrogen and oxygen atoms in total. The predicted octanol–water partition coefficient (Wildman–Crippen LogP) is -0.249. The van der Waals surface area contributed by atoms with E-state index in [-0.39, 0.29) is 5.82 Å². The minimum Gasteiger partial charge on any atom is -0.324 e. The molecule has 0 amide bonds. The van der Waals surface area contributed by atoms with Crippen molar-refractivity contribution in [3.8, 4) is 0 Å². The van der Waals surface area contributed by atoms with Gasteiger partial charge in [-0.3, -0.25) is 13.7 Å². The van der Waals surface area contributed by atoms with Gasteiger partial charge in [0.05, 0.1) is 11.5 Å². The van der Waals surface area contributed by atoms with Crippen molar-refractivity contribution in [2.75, 3.05) is 6.16 Å². The molecule has 0 bridgehead atoms. The molecule has 0 aliphatic heterocycles. The van der Waals surface area contributed by atoms with Crippen LogP contribution in [0.1, 0.15) is 6.42 Å². The number of allylic oxidation sites excluding steroid dienone is 1. The highest BCUT2D eigenvalue weighted by molar-refractivity contribution is 7.60. The van der Waals surface area contributed by atoms with Gasteiger partial charge in [-0.2, -0.15) is 0 Å². The molecule has 0 radical (unpaired) electrons. The lowest BCUT2D eigenvalue weighted by molar-refractivity contribution is 0.369. The zero-order chi connectivity index (χ0) is 13.2. The van der Waals surface area contributed by atoms with Crippen molar-refractivity contribution in [1.82, 2.24) is 0 Å². The van der Waals surface area contributed by atoms with Crippen LogP contribution in [0.2, 0.25) is 0 Å². The Kier molecular flexibility index (Phi) is 5.29. The molecule has 0 spiro atoms. The number of hydrogen-bond acceptors (Lipinski definition) is 3. The molecule has 0 aliphatic carbocycles. The van der Waals surface area contributed by atoms with Crippen LogP contribution in [0, 0.1) is 0 Å². The Balaban J connectivity index is 5.02. The summed E-state index contributed by atoms with van der Waals surface area (Å²) in [5, 5.41) is -0.982. The molecule has 0 unspecified atom stereocenters. The fourth-order valence-corrected chi connectivity index (χ4v) is 3.42. The highest BCUT2D eigenvalue weighted by Gasteiger charge is 2.27. The van der Waals surface area contributed by atoms with E-state index in [1.54, 1.807) is 0 Å². The summed E-state index contributed by atoms with van der Waals surface area (Å²) in [5.41, 5.74) is 0. The largest absolute Gasteiger partial charge is 0.352 e. The van der Waals surface area contributed by atoms with E-state index in [4.69, 9.17) is 29.4 Å². The van der Waals surface area contributed by atoms with Crippen molar-refractivity contribution in [2.24, 2.45) is 0 Å². The Morgan fingerprint density at radius 2 is 1.38 bits per heavy atom. The van der Waals surface area contributed by atoms with Gasteiger partial charge in [-0.15, -0.1) is 0 Å². The summed E-state index contributed by atoms with van der Waals surface area (Å²) in [6, 6.07) is 0. The Labute approximate surface area is 90.3 Å². The zero-order valence-electron chi connectivity index (χ0n) is 7.74. The Morgan fingerprint density at radius 1 is 0.938 bits per heavy atom. The molecule has 0 aliphatic rings. The first kappa shape index (κ1) is 16.2. The van der Waals surface area contributed by atoms with Crippen molar-refractivity contribution >= 4 is 22.8 Å². The van der Waals surface area contributed by atoms with E-state index in [2.05, 4.69) is 0 Å². The molecule has 0 heterocycles. The van der Waals surface area contributed by atoms with E-state index >= 15 is 0 Å². The summed E-state index contributed by atoms with van der Waals surface area (Å²) in [7, 11) is -14.2. The lowest BCUT2D eigenvalue weighted by Gasteiger charge is -2.10. The van der Waals surface area contributed by atoms with Crippen LogP contribution >= 0.6 is 22.8 Å². The molecule has 12 heteroatoms. The summed E-state index contributed by atoms with van der Waals surface area (Å²) in [6.07, 6.45) is -1.69. The van der Waals surface area contributed by atoms with Gasteiger partial charge >= 0.3 is 22.8 Å². The summed E-state index contributed by atoms with van der Waals surface area (Å²) >= 11 is 0. The van der Waals surface area contributed by atoms with Crippen LogP contribution in [0.3, 0.4) is 0 Å². The molecule has 0 aromatic rings. The first-order valence-electron chi connectivity index (χ1n) is 3.69. The fourth-order valence-electron chi connectivity index (χ4n) is 0.740. The lowest BCUT2D eigenvalue weighted by atomic mass is 10.5. The second-order valence-corrected chi connectivity index (χ2v) is 7.77. The van der Waals surface area contributed by atoms with E-state index in [0.29, 0.717) is 0 Å². The van der Waals surface area contributed by atoms with Gasteiger partial charge in [-0.25, -0.2) is 0 Å². The number of rotatable bonds is 5. The average Bonchev–Trinajstić information content (AvgIpc) is 1.91. The maximum atomic E-state index is 10.8. The third-order valence-corrected chi connectivity index (χ3v) is 4.11. The molecule has 0 aromatic heterocycles. The van der Waals surface area contributed by atoms with Gasteiger partial charge < -0.3 is 29.4 Å². The molecule has 0 saturated heterocycles. The standard InChI is InChI=1S/C4H11O9P3/c5-14(6,7)2-1-4(16(11,12)13)3-15(8,9)10/h3H,1-2H2,(H2,5,6,7)(H2,8,9,10)(H2,11,12,13). The molecule has 0 atom stereocenters. The lowest BCUT2D eigenvalue weighted by Crippen LogP contribution is -1.94. The van der Waals surface area contributed by atoms with Crippen LogP contribution in [0.25, 0.3) is 0 Å². The molecule has 16 heavy (non-hydrogen) atoms. The molecular formula is C4H11O9P3. The molecule has 6 N–H and O–H groups in total. The quantitative estimate of drug-likeness (QED) is 0.374. The van der Waals surface area contributed by atoms with Gasteiger partial charge in [0.2, 0.25) is 0 Å². The van der Waals surface area contributed by atoms with Crippen molar-refractivity contribution in [3.63, 3.8) is 0 Å². The van der Waals surface area contributed by atoms with Crippen LogP contribution < -0.4 is 0 Å². The third-order valence-electron chi connectivity index (χ3n) is 1.35. The monoisotopic (exact) mass is 296 g/mol. The van der Waals surface area contributed by atoms with Crippen molar-refractivity contribution in [2.45, 2.75) is 6.42 Å². The van der Waals surface area contributed by atoms with E-state index in [1.807, 2.05) is 0 Å². The third kappa shape index (κ3) is 8.35. The second-order valence-electron chi connectivity index (χ2n) is 2.89. The highest BCUT2D eigenvalue weighted by atomic mass is 31.2. The van der Waals surface area contributed by atoms with Crippen molar-refractivity contribution in [3.05, 3.63) is 11.1 Å². The second kappa shape index (κ2) is 5.23. The topological polar surface area (TPSA) is 173 Å². The molecule has 96 valence electrons. The van der Waals surface area contributed by atoms with Crippen LogP contribution in [-0.4, -0.2) is 35.5 Å². The van der Waals surface area contributed by atoms with E-state index in [0.717, 1.165) is 0 Å². The Morgan fingerprint density at radius 3 is 1.62 bits per heavy atom. The summed E-state index contributed by atoms with van der Waals surface area (Å²) in [6.45, 7) is 0. The summed E-state index contributed by atoms with van der Waals surface area (Å²) in [4.78, 5) is 51.3. The molecule has 0 aromatic carbocycles. The SMILES string of the molecule is O=P(O)(O)C=C(CCP(=O)(O)O)P(=O)(O)O. The van der Waals surface area contributed by atoms with Gasteiger partial charge in [0.25, 0.3) is 0 Å². The Hall–Kier alpha value is 0.190. The van der Waals surface area contributed by atoms with Gasteiger partial charge in [0.15, 0.2) is 0 Å². The van der Waals surface area contributed by atoms with E-state index in [9.17, 15) is 13.7 Å². The average molecular weight is 296 g/mol. The zero-order valence-corrected chi connectivity index (χ0v) is 10.4. The minimum absolute atomic E-state index is 0.0312. The summed E-state index contributed by atoms with van der Waals surface area (Å²) in [5.74, 6) is 0.0312. The van der Waals surface area contributed by atoms with Gasteiger partial charge in [-0.1, -0.05) is 0 Å². The fraction of sp³-hybridized carbons (Fsp3) is 0.500. The maximum Gasteiger partial charge on any atom is 0.352 e. The van der Waals surface area contributed by atoms with Gasteiger partial charge in [-0.05, 0) is 6.42 Å². The highest BCUT2D eigenvalue weighted by Crippen LogP contribution is 2.53. The first-order chi connectivity index (χ1) is 6.81. The van der Waals surface area contributed by atoms with Gasteiger partial charge in [0, 0.05) is 5.82 Å². The number of hydrogen-bond donors (Lipinski definition) is 6. The van der Waals surface area contributed by atoms with Crippen LogP contribution in [-0.2, 0) is 13.7 Å². The first-order valence-corrected chi connectivity index (χ1v) is 8.78. The van der Waals surface area contributed by atoms with Gasteiger partial charge in [0.1, 0.15) is 0 Å². The van der Waals surface area contributed by atoms with Crippen LogP contribution in [0.5, 0.6) is 0 Å². The normalized spacial score (nSPS) is 15.2. The minimum atomic E-state index is -4.93. The molecule has 0 saturated carbocycles. The van der Waals surface area contributed by atoms with E-state index < -0.39 is 40.7 Å². The van der Waals surface area contributed by atoms with Crippen molar-refractivity contribution < 1.29 is 43.1 Å². The van der Waals surface area contributed by atoms with Crippen LogP contribution in [0.15, 0.2) is 11.1 Å². The summed E-state index contributed by atoms with van der Waals surface area (Å²) < 4.78 is 31.7. The molecule has 0 rings (SSSR count). The Bertz CT molecular complexity index is 406. The molecular weight excluding hydrogens is 285 g/mol. The van der Waals surface area contributed by atoms with Crippen molar-refractivity contribution in [1.29, 1.82) is 0 Å².